The molecule has 1 aromatic rings. The van der Waals surface area contributed by atoms with Crippen molar-refractivity contribution in [3.63, 3.8) is 0 Å². The standard InChI is InChI=1S/C18H22N4O6/c1-10-13(18(25)22-20-10)5-6-16(24)21-19-9-12-7-14(26-3)17(28-11(2)23)15(8-12)27-4/h7-9,13H,5-6H2,1-4H3,(H,21,24)(H,22,25)/b19-9-. The molecular weight excluding hydrogens is 368 g/mol. The zero-order valence-corrected chi connectivity index (χ0v) is 16.1. The lowest BCUT2D eigenvalue weighted by Gasteiger charge is -2.13. The van der Waals surface area contributed by atoms with Gasteiger partial charge in [0.05, 0.1) is 26.4 Å². The fourth-order valence-corrected chi connectivity index (χ4v) is 2.56. The van der Waals surface area contributed by atoms with Crippen molar-refractivity contribution in [2.75, 3.05) is 14.2 Å². The van der Waals surface area contributed by atoms with Crippen molar-refractivity contribution >= 4 is 29.7 Å². The van der Waals surface area contributed by atoms with Crippen molar-refractivity contribution in [3.8, 4) is 17.2 Å². The van der Waals surface area contributed by atoms with E-state index < -0.39 is 11.9 Å². The summed E-state index contributed by atoms with van der Waals surface area (Å²) >= 11 is 0. The Morgan fingerprint density at radius 3 is 2.43 bits per heavy atom. The number of methoxy groups -OCH3 is 2. The number of hydrazone groups is 2. The molecular formula is C18H22N4O6. The maximum absolute atomic E-state index is 11.9. The molecule has 10 nitrogen and oxygen atoms in total. The highest BCUT2D eigenvalue weighted by Gasteiger charge is 2.27. The Morgan fingerprint density at radius 2 is 1.93 bits per heavy atom. The Balaban J connectivity index is 1.99. The first-order chi connectivity index (χ1) is 13.3. The highest BCUT2D eigenvalue weighted by molar-refractivity contribution is 6.07. The van der Waals surface area contributed by atoms with Gasteiger partial charge in [0.15, 0.2) is 11.5 Å². The number of amides is 2. The van der Waals surface area contributed by atoms with Gasteiger partial charge in [0.2, 0.25) is 17.6 Å². The van der Waals surface area contributed by atoms with Crippen LogP contribution in [-0.2, 0) is 14.4 Å². The number of nitrogens with one attached hydrogen (secondary N) is 2. The third-order valence-corrected chi connectivity index (χ3v) is 3.95. The molecule has 28 heavy (non-hydrogen) atoms. The molecule has 1 unspecified atom stereocenters. The van der Waals surface area contributed by atoms with E-state index in [-0.39, 0.29) is 35.5 Å². The molecule has 0 fully saturated rings. The Hall–Kier alpha value is -3.43. The molecule has 0 saturated heterocycles. The van der Waals surface area contributed by atoms with Crippen LogP contribution in [0.2, 0.25) is 0 Å². The van der Waals surface area contributed by atoms with Crippen LogP contribution in [0.5, 0.6) is 17.2 Å². The molecule has 150 valence electrons. The summed E-state index contributed by atoms with van der Waals surface area (Å²) in [5.74, 6) is -0.724. The molecule has 0 aliphatic carbocycles. The van der Waals surface area contributed by atoms with Crippen LogP contribution in [0, 0.1) is 5.92 Å². The van der Waals surface area contributed by atoms with Gasteiger partial charge in [-0.1, -0.05) is 0 Å². The molecule has 2 amide bonds. The maximum Gasteiger partial charge on any atom is 0.308 e. The molecule has 1 atom stereocenters. The van der Waals surface area contributed by atoms with Gasteiger partial charge in [-0.05, 0) is 25.5 Å². The van der Waals surface area contributed by atoms with Crippen LogP contribution in [0.1, 0.15) is 32.3 Å². The second kappa shape index (κ2) is 9.49. The summed E-state index contributed by atoms with van der Waals surface area (Å²) in [5, 5.41) is 7.73. The molecule has 0 spiro atoms. The monoisotopic (exact) mass is 390 g/mol. The molecule has 2 rings (SSSR count). The predicted molar refractivity (Wildman–Crippen MR) is 101 cm³/mol. The van der Waals surface area contributed by atoms with Crippen molar-refractivity contribution in [1.29, 1.82) is 0 Å². The van der Waals surface area contributed by atoms with Crippen LogP contribution < -0.4 is 25.1 Å². The van der Waals surface area contributed by atoms with Gasteiger partial charge >= 0.3 is 5.97 Å². The third-order valence-electron chi connectivity index (χ3n) is 3.95. The molecule has 0 saturated carbocycles. The van der Waals surface area contributed by atoms with E-state index in [0.29, 0.717) is 17.7 Å². The van der Waals surface area contributed by atoms with Crippen LogP contribution in [0.15, 0.2) is 22.3 Å². The van der Waals surface area contributed by atoms with Crippen molar-refractivity contribution in [2.45, 2.75) is 26.7 Å². The van der Waals surface area contributed by atoms with E-state index in [1.54, 1.807) is 19.1 Å². The summed E-state index contributed by atoms with van der Waals surface area (Å²) in [6, 6.07) is 3.16. The first-order valence-electron chi connectivity index (χ1n) is 8.46. The Labute approximate surface area is 161 Å². The van der Waals surface area contributed by atoms with Gasteiger partial charge < -0.3 is 14.2 Å². The van der Waals surface area contributed by atoms with Crippen molar-refractivity contribution in [2.24, 2.45) is 16.1 Å². The molecule has 1 aromatic carbocycles. The number of carbonyl (C=O) groups excluding carboxylic acids is 3. The number of benzene rings is 1. The molecule has 2 N–H and O–H groups in total. The Kier molecular flexibility index (Phi) is 7.08. The number of hydrogen-bond donors (Lipinski definition) is 2. The van der Waals surface area contributed by atoms with E-state index in [2.05, 4.69) is 21.1 Å². The smallest absolute Gasteiger partial charge is 0.308 e. The fraction of sp³-hybridized carbons (Fsp3) is 0.389. The number of nitrogens with zero attached hydrogens (tertiary/aromatic N) is 2. The number of hydrogen-bond acceptors (Lipinski definition) is 8. The summed E-state index contributed by atoms with van der Waals surface area (Å²) < 4.78 is 15.5. The molecule has 0 aromatic heterocycles. The molecule has 1 aliphatic rings. The van der Waals surface area contributed by atoms with E-state index in [4.69, 9.17) is 14.2 Å². The fourth-order valence-electron chi connectivity index (χ4n) is 2.56. The summed E-state index contributed by atoms with van der Waals surface area (Å²) in [7, 11) is 2.85. The summed E-state index contributed by atoms with van der Waals surface area (Å²) in [6.07, 6.45) is 1.87. The lowest BCUT2D eigenvalue weighted by Crippen LogP contribution is -2.25. The highest BCUT2D eigenvalue weighted by Crippen LogP contribution is 2.38. The minimum atomic E-state index is -0.512. The zero-order valence-electron chi connectivity index (χ0n) is 16.1. The summed E-state index contributed by atoms with van der Waals surface area (Å²) in [4.78, 5) is 34.7. The van der Waals surface area contributed by atoms with Crippen LogP contribution >= 0.6 is 0 Å². The summed E-state index contributed by atoms with van der Waals surface area (Å²) in [5.41, 5.74) is 6.00. The van der Waals surface area contributed by atoms with Gasteiger partial charge in [-0.25, -0.2) is 10.9 Å². The predicted octanol–water partition coefficient (Wildman–Crippen LogP) is 0.981. The van der Waals surface area contributed by atoms with Crippen molar-refractivity contribution < 1.29 is 28.6 Å². The molecule has 1 aliphatic heterocycles. The van der Waals surface area contributed by atoms with Crippen LogP contribution in [0.4, 0.5) is 0 Å². The van der Waals surface area contributed by atoms with Crippen molar-refractivity contribution in [1.82, 2.24) is 10.9 Å². The number of esters is 1. The van der Waals surface area contributed by atoms with Gasteiger partial charge in [0.25, 0.3) is 0 Å². The topological polar surface area (TPSA) is 128 Å². The highest BCUT2D eigenvalue weighted by atomic mass is 16.6. The normalized spacial score (nSPS) is 15.8. The van der Waals surface area contributed by atoms with E-state index in [1.807, 2.05) is 0 Å². The van der Waals surface area contributed by atoms with Crippen LogP contribution in [0.25, 0.3) is 0 Å². The van der Waals surface area contributed by atoms with Crippen LogP contribution in [0.3, 0.4) is 0 Å². The lowest BCUT2D eigenvalue weighted by atomic mass is 9.99. The van der Waals surface area contributed by atoms with E-state index in [9.17, 15) is 14.4 Å². The summed E-state index contributed by atoms with van der Waals surface area (Å²) in [6.45, 7) is 3.01. The molecule has 1 heterocycles. The average Bonchev–Trinajstić information content (AvgIpc) is 2.98. The largest absolute Gasteiger partial charge is 0.493 e. The van der Waals surface area contributed by atoms with E-state index in [1.165, 1.54) is 27.4 Å². The third kappa shape index (κ3) is 5.29. The average molecular weight is 390 g/mol. The molecule has 0 radical (unpaired) electrons. The van der Waals surface area contributed by atoms with Crippen molar-refractivity contribution in [3.05, 3.63) is 17.7 Å². The SMILES string of the molecule is COc1cc(/C=N\NC(=O)CCC2C(=O)NN=C2C)cc(OC)c1OC(C)=O. The van der Waals surface area contributed by atoms with Gasteiger partial charge in [0.1, 0.15) is 0 Å². The number of carbonyl (C=O) groups is 3. The zero-order chi connectivity index (χ0) is 20.7. The minimum Gasteiger partial charge on any atom is -0.493 e. The lowest BCUT2D eigenvalue weighted by molar-refractivity contribution is -0.132. The maximum atomic E-state index is 11.9. The Morgan fingerprint density at radius 1 is 1.29 bits per heavy atom. The van der Waals surface area contributed by atoms with Gasteiger partial charge in [-0.3, -0.25) is 14.4 Å². The Bertz CT molecular complexity index is 808. The minimum absolute atomic E-state index is 0.125. The van der Waals surface area contributed by atoms with Gasteiger partial charge in [-0.15, -0.1) is 0 Å². The second-order valence-corrected chi connectivity index (χ2v) is 5.96. The number of ether oxygens (including phenoxy) is 3. The first kappa shape index (κ1) is 20.9. The van der Waals surface area contributed by atoms with Crippen LogP contribution in [-0.4, -0.2) is 43.9 Å². The molecule has 10 heteroatoms. The second-order valence-electron chi connectivity index (χ2n) is 5.96. The quantitative estimate of drug-likeness (QED) is 0.295. The molecule has 0 bridgehead atoms. The van der Waals surface area contributed by atoms with E-state index >= 15 is 0 Å². The van der Waals surface area contributed by atoms with Gasteiger partial charge in [-0.2, -0.15) is 10.2 Å². The van der Waals surface area contributed by atoms with E-state index in [0.717, 1.165) is 0 Å². The number of rotatable bonds is 8. The first-order valence-corrected chi connectivity index (χ1v) is 8.46. The van der Waals surface area contributed by atoms with Gasteiger partial charge in [0, 0.05) is 24.6 Å².